The van der Waals surface area contributed by atoms with Crippen LogP contribution in [-0.2, 0) is 11.2 Å². The Hall–Kier alpha value is -1.85. The number of halogens is 1. The highest BCUT2D eigenvalue weighted by Gasteiger charge is 2.04. The van der Waals surface area contributed by atoms with Gasteiger partial charge in [-0.1, -0.05) is 28.1 Å². The second-order valence-corrected chi connectivity index (χ2v) is 6.58. The van der Waals surface area contributed by atoms with Gasteiger partial charge in [0, 0.05) is 28.9 Å². The van der Waals surface area contributed by atoms with Crippen molar-refractivity contribution in [2.75, 3.05) is 37.8 Å². The van der Waals surface area contributed by atoms with Crippen molar-refractivity contribution < 1.29 is 4.79 Å². The number of rotatable bonds is 7. The first kappa shape index (κ1) is 17.5. The number of likely N-dealkylation sites (N-methyl/N-ethyl adjacent to an activating group) is 1. The molecule has 0 spiro atoms. The normalized spacial score (nSPS) is 10.6. The molecule has 122 valence electrons. The fraction of sp³-hybridized carbons (Fsp3) is 0.278. The number of amides is 1. The van der Waals surface area contributed by atoms with E-state index >= 15 is 0 Å². The van der Waals surface area contributed by atoms with Crippen LogP contribution < -0.4 is 10.6 Å². The molecule has 2 aromatic carbocycles. The third-order valence-electron chi connectivity index (χ3n) is 3.31. The maximum atomic E-state index is 12.1. The lowest BCUT2D eigenvalue weighted by Gasteiger charge is -2.12. The Labute approximate surface area is 146 Å². The van der Waals surface area contributed by atoms with Gasteiger partial charge in [0.25, 0.3) is 0 Å². The number of hydrogen-bond acceptors (Lipinski definition) is 3. The van der Waals surface area contributed by atoms with Gasteiger partial charge in [-0.25, -0.2) is 0 Å². The van der Waals surface area contributed by atoms with Crippen LogP contribution in [0.25, 0.3) is 0 Å². The second kappa shape index (κ2) is 8.70. The van der Waals surface area contributed by atoms with Crippen LogP contribution in [0.2, 0.25) is 0 Å². The molecule has 5 heteroatoms. The van der Waals surface area contributed by atoms with Crippen molar-refractivity contribution >= 4 is 33.2 Å². The smallest absolute Gasteiger partial charge is 0.228 e. The molecule has 0 atom stereocenters. The molecule has 0 bridgehead atoms. The Kier molecular flexibility index (Phi) is 6.62. The summed E-state index contributed by atoms with van der Waals surface area (Å²) < 4.78 is 0.982. The van der Waals surface area contributed by atoms with Gasteiger partial charge < -0.3 is 15.5 Å². The van der Waals surface area contributed by atoms with Gasteiger partial charge in [-0.05, 0) is 56.1 Å². The first-order valence-electron chi connectivity index (χ1n) is 7.56. The summed E-state index contributed by atoms with van der Waals surface area (Å²) in [6.07, 6.45) is 0.363. The van der Waals surface area contributed by atoms with Gasteiger partial charge in [0.15, 0.2) is 0 Å². The zero-order valence-electron chi connectivity index (χ0n) is 13.5. The van der Waals surface area contributed by atoms with Crippen molar-refractivity contribution in [2.24, 2.45) is 0 Å². The summed E-state index contributed by atoms with van der Waals surface area (Å²) in [7, 11) is 4.09. The van der Waals surface area contributed by atoms with Crippen molar-refractivity contribution in [3.8, 4) is 0 Å². The molecule has 0 heterocycles. The summed E-state index contributed by atoms with van der Waals surface area (Å²) in [6, 6.07) is 15.6. The molecule has 0 saturated heterocycles. The van der Waals surface area contributed by atoms with E-state index < -0.39 is 0 Å². The Morgan fingerprint density at radius 1 is 1.09 bits per heavy atom. The van der Waals surface area contributed by atoms with Crippen LogP contribution in [0.5, 0.6) is 0 Å². The molecule has 2 N–H and O–H groups in total. The maximum absolute atomic E-state index is 12.1. The molecule has 0 radical (unpaired) electrons. The standard InChI is InChI=1S/C18H22BrN3O/c1-22(2)11-10-20-16-6-8-17(9-7-16)21-18(23)13-14-4-3-5-15(19)12-14/h3-9,12,20H,10-11,13H2,1-2H3,(H,21,23). The summed E-state index contributed by atoms with van der Waals surface area (Å²) in [5.74, 6) is -0.0172. The van der Waals surface area contributed by atoms with E-state index in [0.29, 0.717) is 6.42 Å². The molecular formula is C18H22BrN3O. The second-order valence-electron chi connectivity index (χ2n) is 5.66. The zero-order valence-corrected chi connectivity index (χ0v) is 15.1. The maximum Gasteiger partial charge on any atom is 0.228 e. The van der Waals surface area contributed by atoms with E-state index in [1.807, 2.05) is 62.6 Å². The van der Waals surface area contributed by atoms with E-state index in [0.717, 1.165) is 34.5 Å². The molecule has 1 amide bonds. The number of carbonyl (C=O) groups is 1. The molecule has 0 aliphatic rings. The van der Waals surface area contributed by atoms with Crippen LogP contribution in [0.3, 0.4) is 0 Å². The first-order chi connectivity index (χ1) is 11.0. The molecule has 0 aliphatic carbocycles. The van der Waals surface area contributed by atoms with Gasteiger partial charge in [0.05, 0.1) is 6.42 Å². The van der Waals surface area contributed by atoms with Crippen LogP contribution in [-0.4, -0.2) is 38.0 Å². The Bertz CT molecular complexity index is 641. The van der Waals surface area contributed by atoms with Crippen LogP contribution >= 0.6 is 15.9 Å². The van der Waals surface area contributed by atoms with Gasteiger partial charge in [0.2, 0.25) is 5.91 Å². The Balaban J connectivity index is 1.84. The van der Waals surface area contributed by atoms with Gasteiger partial charge in [0.1, 0.15) is 0 Å². The summed E-state index contributed by atoms with van der Waals surface area (Å²) in [6.45, 7) is 1.87. The minimum Gasteiger partial charge on any atom is -0.384 e. The monoisotopic (exact) mass is 375 g/mol. The minimum absolute atomic E-state index is 0.0172. The summed E-state index contributed by atoms with van der Waals surface area (Å²) >= 11 is 3.41. The van der Waals surface area contributed by atoms with Crippen molar-refractivity contribution in [1.29, 1.82) is 0 Å². The van der Waals surface area contributed by atoms with Crippen LogP contribution in [0.15, 0.2) is 53.0 Å². The molecule has 0 aliphatic heterocycles. The van der Waals surface area contributed by atoms with Gasteiger partial charge in [-0.15, -0.1) is 0 Å². The molecular weight excluding hydrogens is 354 g/mol. The van der Waals surface area contributed by atoms with E-state index in [4.69, 9.17) is 0 Å². The van der Waals surface area contributed by atoms with Crippen molar-refractivity contribution in [3.05, 3.63) is 58.6 Å². The summed E-state index contributed by atoms with van der Waals surface area (Å²) in [5.41, 5.74) is 2.85. The van der Waals surface area contributed by atoms with E-state index in [1.165, 1.54) is 0 Å². The predicted octanol–water partition coefficient (Wildman–Crippen LogP) is 3.60. The molecule has 0 fully saturated rings. The first-order valence-corrected chi connectivity index (χ1v) is 8.35. The molecule has 2 aromatic rings. The highest BCUT2D eigenvalue weighted by Crippen LogP contribution is 2.15. The summed E-state index contributed by atoms with van der Waals surface area (Å²) in [5, 5.41) is 6.26. The van der Waals surface area contributed by atoms with Gasteiger partial charge in [-0.2, -0.15) is 0 Å². The quantitative estimate of drug-likeness (QED) is 0.776. The number of hydrogen-bond donors (Lipinski definition) is 2. The third kappa shape index (κ3) is 6.42. The van der Waals surface area contributed by atoms with E-state index in [-0.39, 0.29) is 5.91 Å². The van der Waals surface area contributed by atoms with Gasteiger partial charge >= 0.3 is 0 Å². The van der Waals surface area contributed by atoms with Crippen molar-refractivity contribution in [2.45, 2.75) is 6.42 Å². The van der Waals surface area contributed by atoms with Crippen LogP contribution in [0.4, 0.5) is 11.4 Å². The zero-order chi connectivity index (χ0) is 16.7. The average molecular weight is 376 g/mol. The number of nitrogens with one attached hydrogen (secondary N) is 2. The van der Waals surface area contributed by atoms with Crippen LogP contribution in [0.1, 0.15) is 5.56 Å². The third-order valence-corrected chi connectivity index (χ3v) is 3.80. The molecule has 0 aromatic heterocycles. The Morgan fingerprint density at radius 2 is 1.78 bits per heavy atom. The Morgan fingerprint density at radius 3 is 2.43 bits per heavy atom. The molecule has 0 saturated carbocycles. The van der Waals surface area contributed by atoms with Gasteiger partial charge in [-0.3, -0.25) is 4.79 Å². The highest BCUT2D eigenvalue weighted by atomic mass is 79.9. The molecule has 23 heavy (non-hydrogen) atoms. The highest BCUT2D eigenvalue weighted by molar-refractivity contribution is 9.10. The van der Waals surface area contributed by atoms with Crippen LogP contribution in [0, 0.1) is 0 Å². The molecule has 2 rings (SSSR count). The van der Waals surface area contributed by atoms with Crippen molar-refractivity contribution in [3.63, 3.8) is 0 Å². The lowest BCUT2D eigenvalue weighted by Crippen LogP contribution is -2.20. The topological polar surface area (TPSA) is 44.4 Å². The lowest BCUT2D eigenvalue weighted by molar-refractivity contribution is -0.115. The SMILES string of the molecule is CN(C)CCNc1ccc(NC(=O)Cc2cccc(Br)c2)cc1. The largest absolute Gasteiger partial charge is 0.384 e. The lowest BCUT2D eigenvalue weighted by atomic mass is 10.1. The number of nitrogens with zero attached hydrogens (tertiary/aromatic N) is 1. The fourth-order valence-corrected chi connectivity index (χ4v) is 2.58. The van der Waals surface area contributed by atoms with E-state index in [9.17, 15) is 4.79 Å². The fourth-order valence-electron chi connectivity index (χ4n) is 2.13. The van der Waals surface area contributed by atoms with E-state index in [2.05, 4.69) is 31.5 Å². The van der Waals surface area contributed by atoms with E-state index in [1.54, 1.807) is 0 Å². The predicted molar refractivity (Wildman–Crippen MR) is 100.0 cm³/mol. The minimum atomic E-state index is -0.0172. The molecule has 0 unspecified atom stereocenters. The number of anilines is 2. The summed E-state index contributed by atoms with van der Waals surface area (Å²) in [4.78, 5) is 14.2. The number of carbonyl (C=O) groups excluding carboxylic acids is 1. The number of benzene rings is 2. The average Bonchev–Trinajstić information content (AvgIpc) is 2.48. The molecule has 4 nitrogen and oxygen atoms in total. The van der Waals surface area contributed by atoms with Crippen molar-refractivity contribution in [1.82, 2.24) is 4.90 Å².